The maximum atomic E-state index is 11.8. The summed E-state index contributed by atoms with van der Waals surface area (Å²) in [4.78, 5) is 22.7. The summed E-state index contributed by atoms with van der Waals surface area (Å²) in [6, 6.07) is 7.17. The Labute approximate surface area is 99.9 Å². The van der Waals surface area contributed by atoms with Gasteiger partial charge in [0.05, 0.1) is 7.11 Å². The molecular formula is C12H16N2O3. The maximum Gasteiger partial charge on any atom is 0.325 e. The summed E-state index contributed by atoms with van der Waals surface area (Å²) in [6.07, 6.45) is 0.627. The van der Waals surface area contributed by atoms with Gasteiger partial charge in [0.2, 0.25) is 0 Å². The minimum Gasteiger partial charge on any atom is -0.468 e. The molecule has 1 amide bonds. The largest absolute Gasteiger partial charge is 0.468 e. The van der Waals surface area contributed by atoms with Gasteiger partial charge in [0.1, 0.15) is 6.54 Å². The van der Waals surface area contributed by atoms with Gasteiger partial charge in [0.15, 0.2) is 0 Å². The molecule has 1 aromatic rings. The lowest BCUT2D eigenvalue weighted by Crippen LogP contribution is -2.30. The van der Waals surface area contributed by atoms with Crippen LogP contribution in [0, 0.1) is 0 Å². The van der Waals surface area contributed by atoms with Crippen LogP contribution in [0.25, 0.3) is 0 Å². The molecule has 0 bridgehead atoms. The number of hydrogen-bond donors (Lipinski definition) is 2. The number of rotatable bonds is 5. The molecule has 0 radical (unpaired) electrons. The Hall–Kier alpha value is -1.88. The van der Waals surface area contributed by atoms with Crippen molar-refractivity contribution in [3.63, 3.8) is 0 Å². The molecule has 0 heterocycles. The average molecular weight is 236 g/mol. The fourth-order valence-corrected chi connectivity index (χ4v) is 1.44. The lowest BCUT2D eigenvalue weighted by molar-refractivity contribution is -0.139. The molecule has 17 heavy (non-hydrogen) atoms. The first-order valence-electron chi connectivity index (χ1n) is 5.32. The number of nitrogens with two attached hydrogens (primary N) is 1. The van der Waals surface area contributed by atoms with Gasteiger partial charge < -0.3 is 15.8 Å². The first-order chi connectivity index (χ1) is 8.19. The molecule has 0 saturated carbocycles. The number of ether oxygens (including phenoxy) is 1. The monoisotopic (exact) mass is 236 g/mol. The summed E-state index contributed by atoms with van der Waals surface area (Å²) in [5.74, 6) is -0.769. The van der Waals surface area contributed by atoms with Crippen molar-refractivity contribution in [2.75, 3.05) is 20.2 Å². The summed E-state index contributed by atoms with van der Waals surface area (Å²) in [6.45, 7) is 0.341. The van der Waals surface area contributed by atoms with Gasteiger partial charge in [-0.05, 0) is 24.6 Å². The number of nitrogens with one attached hydrogen (secondary N) is 1. The van der Waals surface area contributed by atoms with Gasteiger partial charge in [0.25, 0.3) is 5.91 Å². The molecule has 0 aliphatic rings. The predicted molar refractivity (Wildman–Crippen MR) is 63.5 cm³/mol. The summed E-state index contributed by atoms with van der Waals surface area (Å²) in [7, 11) is 1.27. The van der Waals surface area contributed by atoms with E-state index >= 15 is 0 Å². The Kier molecular flexibility index (Phi) is 5.16. The van der Waals surface area contributed by atoms with E-state index in [-0.39, 0.29) is 12.5 Å². The van der Waals surface area contributed by atoms with E-state index in [9.17, 15) is 9.59 Å². The van der Waals surface area contributed by atoms with Crippen LogP contribution in [0.1, 0.15) is 15.9 Å². The van der Waals surface area contributed by atoms with Crippen LogP contribution in [0.4, 0.5) is 0 Å². The second-order valence-corrected chi connectivity index (χ2v) is 3.45. The third kappa shape index (κ3) is 3.88. The Morgan fingerprint density at radius 2 is 2.06 bits per heavy atom. The molecule has 0 saturated heterocycles. The normalized spacial score (nSPS) is 9.76. The molecule has 0 fully saturated rings. The Bertz CT molecular complexity index is 404. The minimum absolute atomic E-state index is 0.133. The molecule has 1 rings (SSSR count). The van der Waals surface area contributed by atoms with Crippen molar-refractivity contribution >= 4 is 11.9 Å². The van der Waals surface area contributed by atoms with Gasteiger partial charge in [0, 0.05) is 5.56 Å². The molecular weight excluding hydrogens is 220 g/mol. The maximum absolute atomic E-state index is 11.8. The number of benzene rings is 1. The van der Waals surface area contributed by atoms with Gasteiger partial charge >= 0.3 is 5.97 Å². The Balaban J connectivity index is 2.71. The van der Waals surface area contributed by atoms with Crippen molar-refractivity contribution in [2.24, 2.45) is 5.73 Å². The molecule has 5 nitrogen and oxygen atoms in total. The molecule has 0 unspecified atom stereocenters. The molecule has 0 aliphatic heterocycles. The fraction of sp³-hybridized carbons (Fsp3) is 0.333. The zero-order valence-electron chi connectivity index (χ0n) is 9.73. The highest BCUT2D eigenvalue weighted by Crippen LogP contribution is 2.08. The third-order valence-corrected chi connectivity index (χ3v) is 2.30. The Morgan fingerprint density at radius 3 is 2.71 bits per heavy atom. The molecule has 0 spiro atoms. The Morgan fingerprint density at radius 1 is 1.35 bits per heavy atom. The van der Waals surface area contributed by atoms with Crippen molar-refractivity contribution < 1.29 is 14.3 Å². The fourth-order valence-electron chi connectivity index (χ4n) is 1.44. The summed E-state index contributed by atoms with van der Waals surface area (Å²) < 4.78 is 4.44. The van der Waals surface area contributed by atoms with Crippen LogP contribution in [-0.4, -0.2) is 32.1 Å². The highest BCUT2D eigenvalue weighted by Gasteiger charge is 2.11. The standard InChI is InChI=1S/C12H16N2O3/c1-17-11(15)8-14-12(16)10-5-3-2-4-9(10)6-7-13/h2-5H,6-8,13H2,1H3,(H,14,16). The first kappa shape index (κ1) is 13.2. The van der Waals surface area contributed by atoms with Crippen LogP contribution in [-0.2, 0) is 16.0 Å². The van der Waals surface area contributed by atoms with Crippen molar-refractivity contribution in [3.8, 4) is 0 Å². The average Bonchev–Trinajstić information content (AvgIpc) is 2.36. The van der Waals surface area contributed by atoms with Gasteiger partial charge in [-0.25, -0.2) is 0 Å². The number of methoxy groups -OCH3 is 1. The van der Waals surface area contributed by atoms with E-state index in [1.165, 1.54) is 7.11 Å². The zero-order chi connectivity index (χ0) is 12.7. The predicted octanol–water partition coefficient (Wildman–Crippen LogP) is 0.0906. The SMILES string of the molecule is COC(=O)CNC(=O)c1ccccc1CCN. The van der Waals surface area contributed by atoms with Crippen molar-refractivity contribution in [1.82, 2.24) is 5.32 Å². The van der Waals surface area contributed by atoms with Gasteiger partial charge in [-0.15, -0.1) is 0 Å². The smallest absolute Gasteiger partial charge is 0.325 e. The lowest BCUT2D eigenvalue weighted by atomic mass is 10.0. The number of carbonyl (C=O) groups is 2. The van der Waals surface area contributed by atoms with Crippen LogP contribution in [0.3, 0.4) is 0 Å². The molecule has 5 heteroatoms. The van der Waals surface area contributed by atoms with E-state index in [2.05, 4.69) is 10.1 Å². The second-order valence-electron chi connectivity index (χ2n) is 3.45. The minimum atomic E-state index is -0.477. The topological polar surface area (TPSA) is 81.4 Å². The molecule has 92 valence electrons. The molecule has 0 aromatic heterocycles. The zero-order valence-corrected chi connectivity index (χ0v) is 9.73. The lowest BCUT2D eigenvalue weighted by Gasteiger charge is -2.08. The number of carbonyl (C=O) groups excluding carboxylic acids is 2. The van der Waals surface area contributed by atoms with Crippen LogP contribution in [0.15, 0.2) is 24.3 Å². The summed E-state index contributed by atoms with van der Waals surface area (Å²) >= 11 is 0. The van der Waals surface area contributed by atoms with Gasteiger partial charge in [-0.3, -0.25) is 9.59 Å². The van der Waals surface area contributed by atoms with E-state index in [0.29, 0.717) is 18.5 Å². The van der Waals surface area contributed by atoms with Gasteiger partial charge in [-0.2, -0.15) is 0 Å². The number of amides is 1. The molecule has 0 aliphatic carbocycles. The van der Waals surface area contributed by atoms with Crippen LogP contribution < -0.4 is 11.1 Å². The molecule has 1 aromatic carbocycles. The van der Waals surface area contributed by atoms with Crippen LogP contribution in [0.2, 0.25) is 0 Å². The van der Waals surface area contributed by atoms with Gasteiger partial charge in [-0.1, -0.05) is 18.2 Å². The van der Waals surface area contributed by atoms with Crippen molar-refractivity contribution in [1.29, 1.82) is 0 Å². The quantitative estimate of drug-likeness (QED) is 0.710. The first-order valence-corrected chi connectivity index (χ1v) is 5.32. The third-order valence-electron chi connectivity index (χ3n) is 2.30. The van der Waals surface area contributed by atoms with Crippen LogP contribution >= 0.6 is 0 Å². The summed E-state index contributed by atoms with van der Waals surface area (Å²) in [5, 5.41) is 2.49. The van der Waals surface area contributed by atoms with Crippen molar-refractivity contribution in [2.45, 2.75) is 6.42 Å². The number of esters is 1. The second kappa shape index (κ2) is 6.65. The van der Waals surface area contributed by atoms with Crippen LogP contribution in [0.5, 0.6) is 0 Å². The summed E-state index contributed by atoms with van der Waals surface area (Å²) in [5.41, 5.74) is 6.88. The molecule has 3 N–H and O–H groups in total. The van der Waals surface area contributed by atoms with E-state index in [1.807, 2.05) is 12.1 Å². The van der Waals surface area contributed by atoms with E-state index in [4.69, 9.17) is 5.73 Å². The van der Waals surface area contributed by atoms with Crippen molar-refractivity contribution in [3.05, 3.63) is 35.4 Å². The highest BCUT2D eigenvalue weighted by molar-refractivity contribution is 5.97. The van der Waals surface area contributed by atoms with E-state index in [0.717, 1.165) is 5.56 Å². The molecule has 0 atom stereocenters. The number of hydrogen-bond acceptors (Lipinski definition) is 4. The van der Waals surface area contributed by atoms with E-state index in [1.54, 1.807) is 12.1 Å². The highest BCUT2D eigenvalue weighted by atomic mass is 16.5. The van der Waals surface area contributed by atoms with E-state index < -0.39 is 5.97 Å².